The Morgan fingerprint density at radius 3 is 2.67 bits per heavy atom. The molecule has 0 saturated heterocycles. The number of nitrogens with one attached hydrogen (secondary N) is 1. The van der Waals surface area contributed by atoms with Gasteiger partial charge in [-0.05, 0) is 55.2 Å². The normalized spacial score (nSPS) is 12.0. The van der Waals surface area contributed by atoms with Crippen LogP contribution in [0.4, 0.5) is 0 Å². The van der Waals surface area contributed by atoms with Gasteiger partial charge in [0, 0.05) is 23.8 Å². The number of carbonyl (C=O) groups excluding carboxylic acids is 1. The van der Waals surface area contributed by atoms with E-state index in [2.05, 4.69) is 10.3 Å². The number of carbonyl (C=O) groups is 1. The molecule has 2 rings (SSSR count). The Bertz CT molecular complexity index is 613. The zero-order chi connectivity index (χ0) is 15.2. The Hall–Kier alpha value is -1.87. The number of hydrogen-bond donors (Lipinski definition) is 1. The zero-order valence-electron chi connectivity index (χ0n) is 12.3. The molecule has 0 fully saturated rings. The summed E-state index contributed by atoms with van der Waals surface area (Å²) < 4.78 is 0. The number of aryl methyl sites for hydroxylation is 2. The van der Waals surface area contributed by atoms with Crippen LogP contribution in [-0.4, -0.2) is 10.9 Å². The van der Waals surface area contributed by atoms with E-state index in [-0.39, 0.29) is 11.9 Å². The summed E-state index contributed by atoms with van der Waals surface area (Å²) in [6, 6.07) is 9.73. The van der Waals surface area contributed by atoms with Crippen molar-refractivity contribution in [1.82, 2.24) is 10.3 Å². The van der Waals surface area contributed by atoms with Gasteiger partial charge in [0.15, 0.2) is 0 Å². The highest BCUT2D eigenvalue weighted by Crippen LogP contribution is 2.18. The van der Waals surface area contributed by atoms with Crippen molar-refractivity contribution in [2.75, 3.05) is 0 Å². The second-order valence-corrected chi connectivity index (χ2v) is 5.56. The van der Waals surface area contributed by atoms with Crippen LogP contribution in [0.15, 0.2) is 42.7 Å². The highest BCUT2D eigenvalue weighted by molar-refractivity contribution is 6.31. The van der Waals surface area contributed by atoms with Gasteiger partial charge in [0.05, 0.1) is 6.04 Å². The molecule has 0 aliphatic rings. The van der Waals surface area contributed by atoms with Crippen molar-refractivity contribution in [2.24, 2.45) is 0 Å². The lowest BCUT2D eigenvalue weighted by Crippen LogP contribution is -2.26. The van der Waals surface area contributed by atoms with Gasteiger partial charge in [0.1, 0.15) is 0 Å². The molecule has 1 aromatic heterocycles. The third-order valence-corrected chi connectivity index (χ3v) is 3.87. The minimum absolute atomic E-state index is 0.0119. The highest BCUT2D eigenvalue weighted by Gasteiger charge is 2.09. The number of aromatic nitrogens is 1. The van der Waals surface area contributed by atoms with Crippen LogP contribution in [0, 0.1) is 6.92 Å². The average Bonchev–Trinajstić information content (AvgIpc) is 2.49. The summed E-state index contributed by atoms with van der Waals surface area (Å²) in [6.07, 6.45) is 4.60. The van der Waals surface area contributed by atoms with E-state index in [1.807, 2.05) is 44.2 Å². The molecule has 21 heavy (non-hydrogen) atoms. The minimum atomic E-state index is -0.0119. The summed E-state index contributed by atoms with van der Waals surface area (Å²) in [6.45, 7) is 3.94. The Morgan fingerprint density at radius 2 is 2.00 bits per heavy atom. The van der Waals surface area contributed by atoms with Crippen LogP contribution in [0.2, 0.25) is 5.02 Å². The molecule has 0 saturated carbocycles. The van der Waals surface area contributed by atoms with Crippen molar-refractivity contribution in [3.8, 4) is 0 Å². The fourth-order valence-corrected chi connectivity index (χ4v) is 2.30. The lowest BCUT2D eigenvalue weighted by molar-refractivity contribution is -0.121. The molecule has 1 atom stereocenters. The van der Waals surface area contributed by atoms with Gasteiger partial charge in [-0.25, -0.2) is 0 Å². The molecule has 1 amide bonds. The summed E-state index contributed by atoms with van der Waals surface area (Å²) in [7, 11) is 0. The van der Waals surface area contributed by atoms with Gasteiger partial charge in [-0.2, -0.15) is 0 Å². The minimum Gasteiger partial charge on any atom is -0.350 e. The standard InChI is InChI=1S/C17H19ClN2O/c1-12-3-4-14(11-16(12)18)5-6-17(21)20-13(2)15-7-9-19-10-8-15/h3-4,7-11,13H,5-6H2,1-2H3,(H,20,21). The first-order chi connectivity index (χ1) is 10.1. The van der Waals surface area contributed by atoms with E-state index in [1.54, 1.807) is 12.4 Å². The fraction of sp³-hybridized carbons (Fsp3) is 0.294. The van der Waals surface area contributed by atoms with Crippen LogP contribution in [0.1, 0.15) is 36.1 Å². The van der Waals surface area contributed by atoms with Gasteiger partial charge in [0.2, 0.25) is 5.91 Å². The van der Waals surface area contributed by atoms with Crippen molar-refractivity contribution in [1.29, 1.82) is 0 Å². The molecule has 1 aromatic carbocycles. The second-order valence-electron chi connectivity index (χ2n) is 5.15. The number of rotatable bonds is 5. The number of halogens is 1. The molecule has 110 valence electrons. The van der Waals surface area contributed by atoms with Gasteiger partial charge in [-0.1, -0.05) is 23.7 Å². The van der Waals surface area contributed by atoms with Crippen LogP contribution in [0.5, 0.6) is 0 Å². The molecule has 0 aliphatic heterocycles. The van der Waals surface area contributed by atoms with Crippen molar-refractivity contribution in [2.45, 2.75) is 32.7 Å². The first-order valence-corrected chi connectivity index (χ1v) is 7.38. The Morgan fingerprint density at radius 1 is 1.29 bits per heavy atom. The SMILES string of the molecule is Cc1ccc(CCC(=O)NC(C)c2ccncc2)cc1Cl. The molecule has 4 heteroatoms. The van der Waals surface area contributed by atoms with Crippen LogP contribution in [-0.2, 0) is 11.2 Å². The van der Waals surface area contributed by atoms with Crippen molar-refractivity contribution in [3.05, 3.63) is 64.4 Å². The number of benzene rings is 1. The van der Waals surface area contributed by atoms with Crippen molar-refractivity contribution >= 4 is 17.5 Å². The van der Waals surface area contributed by atoms with Crippen LogP contribution in [0.25, 0.3) is 0 Å². The third kappa shape index (κ3) is 4.57. The maximum Gasteiger partial charge on any atom is 0.220 e. The lowest BCUT2D eigenvalue weighted by Gasteiger charge is -2.14. The van der Waals surface area contributed by atoms with Crippen LogP contribution in [0.3, 0.4) is 0 Å². The molecule has 1 N–H and O–H groups in total. The van der Waals surface area contributed by atoms with Crippen molar-refractivity contribution < 1.29 is 4.79 Å². The summed E-state index contributed by atoms with van der Waals surface area (Å²) in [5.74, 6) is 0.0380. The molecule has 0 spiro atoms. The molecular formula is C17H19ClN2O. The number of amides is 1. The van der Waals surface area contributed by atoms with Crippen LogP contribution >= 0.6 is 11.6 Å². The number of hydrogen-bond acceptors (Lipinski definition) is 2. The Balaban J connectivity index is 1.86. The molecule has 0 bridgehead atoms. The number of nitrogens with zero attached hydrogens (tertiary/aromatic N) is 1. The Kier molecular flexibility index (Phi) is 5.34. The molecular weight excluding hydrogens is 284 g/mol. The molecule has 2 aromatic rings. The van der Waals surface area contributed by atoms with E-state index in [4.69, 9.17) is 11.6 Å². The summed E-state index contributed by atoms with van der Waals surface area (Å²) in [4.78, 5) is 16.0. The number of pyridine rings is 1. The molecule has 1 unspecified atom stereocenters. The molecule has 3 nitrogen and oxygen atoms in total. The summed E-state index contributed by atoms with van der Waals surface area (Å²) in [5.41, 5.74) is 3.19. The second kappa shape index (κ2) is 7.23. The van der Waals surface area contributed by atoms with Gasteiger partial charge >= 0.3 is 0 Å². The molecule has 0 aliphatic carbocycles. The van der Waals surface area contributed by atoms with E-state index in [0.29, 0.717) is 12.8 Å². The van der Waals surface area contributed by atoms with Gasteiger partial charge in [0.25, 0.3) is 0 Å². The van der Waals surface area contributed by atoms with E-state index >= 15 is 0 Å². The zero-order valence-corrected chi connectivity index (χ0v) is 13.0. The monoisotopic (exact) mass is 302 g/mol. The van der Waals surface area contributed by atoms with E-state index in [1.165, 1.54) is 0 Å². The molecule has 0 radical (unpaired) electrons. The summed E-state index contributed by atoms with van der Waals surface area (Å²) >= 11 is 6.09. The largest absolute Gasteiger partial charge is 0.350 e. The smallest absolute Gasteiger partial charge is 0.220 e. The van der Waals surface area contributed by atoms with Gasteiger partial charge < -0.3 is 5.32 Å². The highest BCUT2D eigenvalue weighted by atomic mass is 35.5. The average molecular weight is 303 g/mol. The van der Waals surface area contributed by atoms with E-state index in [9.17, 15) is 4.79 Å². The van der Waals surface area contributed by atoms with E-state index in [0.717, 1.165) is 21.7 Å². The quantitative estimate of drug-likeness (QED) is 0.911. The van der Waals surface area contributed by atoms with E-state index < -0.39 is 0 Å². The maximum atomic E-state index is 12.0. The topological polar surface area (TPSA) is 42.0 Å². The molecule has 1 heterocycles. The van der Waals surface area contributed by atoms with Crippen LogP contribution < -0.4 is 5.32 Å². The van der Waals surface area contributed by atoms with Crippen molar-refractivity contribution in [3.63, 3.8) is 0 Å². The first-order valence-electron chi connectivity index (χ1n) is 7.00. The lowest BCUT2D eigenvalue weighted by atomic mass is 10.1. The third-order valence-electron chi connectivity index (χ3n) is 3.46. The first kappa shape index (κ1) is 15.5. The van der Waals surface area contributed by atoms with Gasteiger partial charge in [-0.3, -0.25) is 9.78 Å². The predicted octanol–water partition coefficient (Wildman–Crippen LogP) is 3.85. The van der Waals surface area contributed by atoms with Gasteiger partial charge in [-0.15, -0.1) is 0 Å². The maximum absolute atomic E-state index is 12.0. The Labute approximate surface area is 130 Å². The summed E-state index contributed by atoms with van der Waals surface area (Å²) in [5, 5.41) is 3.74. The fourth-order valence-electron chi connectivity index (χ4n) is 2.10. The predicted molar refractivity (Wildman–Crippen MR) is 85.3 cm³/mol.